The first kappa shape index (κ1) is 45.9. The quantitative estimate of drug-likeness (QED) is 0.0397. The molecule has 18 heteroatoms. The number of esters is 2. The third-order valence-electron chi connectivity index (χ3n) is 6.09. The van der Waals surface area contributed by atoms with E-state index in [4.69, 9.17) is 62.3 Å². The predicted octanol–water partition coefficient (Wildman–Crippen LogP) is 7.78. The van der Waals surface area contributed by atoms with E-state index in [-0.39, 0.29) is 59.9 Å². The van der Waals surface area contributed by atoms with Gasteiger partial charge >= 0.3 is 22.5 Å². The molecule has 2 rings (SSSR count). The van der Waals surface area contributed by atoms with Crippen LogP contribution in [-0.4, -0.2) is 92.3 Å². The second-order valence-electron chi connectivity index (χ2n) is 10.2. The van der Waals surface area contributed by atoms with E-state index in [2.05, 4.69) is 0 Å². The fourth-order valence-electron chi connectivity index (χ4n) is 3.53. The van der Waals surface area contributed by atoms with Crippen molar-refractivity contribution in [1.29, 1.82) is 0 Å². The maximum Gasteiger partial charge on any atom is 0.373 e. The minimum Gasteiger partial charge on any atom is -0.462 e. The highest BCUT2D eigenvalue weighted by Gasteiger charge is 2.21. The number of thioether (sulfide) groups is 4. The zero-order valence-corrected chi connectivity index (χ0v) is 34.0. The van der Waals surface area contributed by atoms with Crippen LogP contribution in [0.25, 0.3) is 0 Å². The monoisotopic (exact) mass is 834 g/mol. The van der Waals surface area contributed by atoms with Gasteiger partial charge in [0.2, 0.25) is 0 Å². The van der Waals surface area contributed by atoms with Crippen LogP contribution in [-0.2, 0) is 60.7 Å². The highest BCUT2D eigenvalue weighted by Crippen LogP contribution is 2.26. The molecule has 0 aliphatic carbocycles. The Kier molecular flexibility index (Phi) is 24.1. The number of hydrogen-bond donors (Lipinski definition) is 0. The first-order valence-corrected chi connectivity index (χ1v) is 20.1. The summed E-state index contributed by atoms with van der Waals surface area (Å²) in [6, 6.07) is 18.5. The van der Waals surface area contributed by atoms with Crippen molar-refractivity contribution in [1.82, 2.24) is 0 Å². The third kappa shape index (κ3) is 22.1. The van der Waals surface area contributed by atoms with Crippen LogP contribution >= 0.6 is 71.5 Å². The Morgan fingerprint density at radius 1 is 0.519 bits per heavy atom. The SMILES string of the molecule is CC(OCCOC(=O)C(C)SC(=S)SC(=O)OCc1ccccc1)OCCOC(C)OCCOC(=O)C(C)SC(=S)SC(=O)OCc1ccccc1. The summed E-state index contributed by atoms with van der Waals surface area (Å²) in [5.74, 6) is -0.990. The smallest absolute Gasteiger partial charge is 0.373 e. The van der Waals surface area contributed by atoms with Crippen molar-refractivity contribution in [3.05, 3.63) is 71.8 Å². The van der Waals surface area contributed by atoms with E-state index in [1.165, 1.54) is 0 Å². The summed E-state index contributed by atoms with van der Waals surface area (Å²) in [5, 5.41) is -2.33. The largest absolute Gasteiger partial charge is 0.462 e. The maximum absolute atomic E-state index is 12.3. The van der Waals surface area contributed by atoms with Crippen molar-refractivity contribution in [3.8, 4) is 0 Å². The van der Waals surface area contributed by atoms with Crippen molar-refractivity contribution in [2.45, 2.75) is 64.0 Å². The standard InChI is InChI=1S/C34H42O12S6/c1-23(49-33(47)51-31(37)45-21-27-11-7-5-8-12-27)29(35)43-19-17-41-25(3)39-15-16-40-26(4)42-18-20-44-30(36)24(2)50-34(48)52-32(38)46-22-28-13-9-6-10-14-28/h5-14,23-26H,15-22H2,1-4H3. The fourth-order valence-corrected chi connectivity index (χ4v) is 7.88. The van der Waals surface area contributed by atoms with E-state index >= 15 is 0 Å². The van der Waals surface area contributed by atoms with Gasteiger partial charge in [0, 0.05) is 23.5 Å². The number of carbonyl (C=O) groups is 4. The minimum atomic E-state index is -0.621. The van der Waals surface area contributed by atoms with E-state index in [9.17, 15) is 19.2 Å². The summed E-state index contributed by atoms with van der Waals surface area (Å²) in [6.45, 7) is 7.60. The van der Waals surface area contributed by atoms with E-state index in [0.717, 1.165) is 58.2 Å². The molecule has 286 valence electrons. The normalized spacial score (nSPS) is 13.2. The summed E-state index contributed by atoms with van der Waals surface area (Å²) < 4.78 is 43.4. The topological polar surface area (TPSA) is 142 Å². The average Bonchev–Trinajstić information content (AvgIpc) is 3.12. The Bertz CT molecular complexity index is 1300. The van der Waals surface area contributed by atoms with Gasteiger partial charge in [0.25, 0.3) is 0 Å². The van der Waals surface area contributed by atoms with Crippen LogP contribution in [0.1, 0.15) is 38.8 Å². The highest BCUT2D eigenvalue weighted by atomic mass is 32.2. The zero-order valence-electron chi connectivity index (χ0n) is 29.1. The lowest BCUT2D eigenvalue weighted by molar-refractivity contribution is -0.179. The maximum atomic E-state index is 12.3. The molecule has 0 heterocycles. The molecule has 0 radical (unpaired) electrons. The lowest BCUT2D eigenvalue weighted by Gasteiger charge is -2.17. The van der Waals surface area contributed by atoms with Crippen LogP contribution in [0.4, 0.5) is 9.59 Å². The summed E-state index contributed by atoms with van der Waals surface area (Å²) in [4.78, 5) is 48.6. The van der Waals surface area contributed by atoms with Crippen LogP contribution in [0.5, 0.6) is 0 Å². The average molecular weight is 835 g/mol. The van der Waals surface area contributed by atoms with E-state index < -0.39 is 45.6 Å². The van der Waals surface area contributed by atoms with E-state index in [0.29, 0.717) is 0 Å². The second kappa shape index (κ2) is 27.3. The number of rotatable bonds is 21. The van der Waals surface area contributed by atoms with Gasteiger partial charge in [-0.25, -0.2) is 9.59 Å². The number of benzene rings is 2. The van der Waals surface area contributed by atoms with E-state index in [1.807, 2.05) is 60.7 Å². The Morgan fingerprint density at radius 3 is 1.19 bits per heavy atom. The first-order valence-electron chi connectivity index (χ1n) is 15.9. The molecule has 0 N–H and O–H groups in total. The van der Waals surface area contributed by atoms with Crippen molar-refractivity contribution in [2.24, 2.45) is 0 Å². The number of carbonyl (C=O) groups excluding carboxylic acids is 4. The summed E-state index contributed by atoms with van der Waals surface area (Å²) in [5.41, 5.74) is 1.72. The van der Waals surface area contributed by atoms with Crippen LogP contribution < -0.4 is 0 Å². The van der Waals surface area contributed by atoms with Gasteiger partial charge in [-0.1, -0.05) is 109 Å². The molecule has 52 heavy (non-hydrogen) atoms. The highest BCUT2D eigenvalue weighted by molar-refractivity contribution is 8.52. The third-order valence-corrected chi connectivity index (χ3v) is 10.6. The van der Waals surface area contributed by atoms with Gasteiger partial charge in [-0.3, -0.25) is 9.59 Å². The molecule has 4 atom stereocenters. The van der Waals surface area contributed by atoms with Crippen LogP contribution in [0.3, 0.4) is 0 Å². The Balaban J connectivity index is 1.44. The molecule has 4 unspecified atom stereocenters. The predicted molar refractivity (Wildman–Crippen MR) is 212 cm³/mol. The Morgan fingerprint density at radius 2 is 0.846 bits per heavy atom. The summed E-state index contributed by atoms with van der Waals surface area (Å²) >= 11 is 14.0. The summed E-state index contributed by atoms with van der Waals surface area (Å²) in [6.07, 6.45) is -1.16. The van der Waals surface area contributed by atoms with E-state index in [1.54, 1.807) is 27.7 Å². The molecule has 2 aromatic rings. The van der Waals surface area contributed by atoms with Gasteiger partial charge in [-0.05, 0) is 38.8 Å². The zero-order chi connectivity index (χ0) is 38.1. The van der Waals surface area contributed by atoms with Gasteiger partial charge in [0.15, 0.2) is 12.6 Å². The lowest BCUT2D eigenvalue weighted by Crippen LogP contribution is -2.24. The van der Waals surface area contributed by atoms with Gasteiger partial charge in [-0.15, -0.1) is 0 Å². The molecule has 0 bridgehead atoms. The van der Waals surface area contributed by atoms with Gasteiger partial charge < -0.3 is 37.9 Å². The van der Waals surface area contributed by atoms with Crippen molar-refractivity contribution >= 4 is 101 Å². The van der Waals surface area contributed by atoms with Gasteiger partial charge in [-0.2, -0.15) is 0 Å². The molecule has 0 spiro atoms. The number of thiocarbonyl (C=S) groups is 2. The Labute approximate surface area is 331 Å². The van der Waals surface area contributed by atoms with Crippen LogP contribution in [0, 0.1) is 0 Å². The molecule has 12 nitrogen and oxygen atoms in total. The van der Waals surface area contributed by atoms with Gasteiger partial charge in [0.1, 0.15) is 44.0 Å². The van der Waals surface area contributed by atoms with Gasteiger partial charge in [0.05, 0.1) is 26.4 Å². The molecular weight excluding hydrogens is 793 g/mol. The summed E-state index contributed by atoms with van der Waals surface area (Å²) in [7, 11) is 0. The van der Waals surface area contributed by atoms with Crippen molar-refractivity contribution < 1.29 is 57.1 Å². The minimum absolute atomic E-state index is 0.00926. The van der Waals surface area contributed by atoms with Crippen LogP contribution in [0.2, 0.25) is 0 Å². The molecule has 0 aliphatic rings. The Hall–Kier alpha value is -2.26. The molecule has 0 aliphatic heterocycles. The van der Waals surface area contributed by atoms with Crippen LogP contribution in [0.15, 0.2) is 60.7 Å². The molecule has 0 amide bonds. The fraction of sp³-hybridized carbons (Fsp3) is 0.471. The first-order chi connectivity index (χ1) is 24.9. The van der Waals surface area contributed by atoms with Crippen molar-refractivity contribution in [3.63, 3.8) is 0 Å². The molecule has 0 aromatic heterocycles. The molecule has 2 aromatic carbocycles. The van der Waals surface area contributed by atoms with Crippen molar-refractivity contribution in [2.75, 3.05) is 39.6 Å². The molecule has 0 saturated carbocycles. The number of hydrogen-bond acceptors (Lipinski definition) is 18. The molecular formula is C34H42O12S6. The second-order valence-corrected chi connectivity index (χ2v) is 17.2. The number of ether oxygens (including phenoxy) is 8. The molecule has 0 saturated heterocycles. The lowest BCUT2D eigenvalue weighted by atomic mass is 10.2. The molecule has 0 fully saturated rings.